The van der Waals surface area contributed by atoms with Gasteiger partial charge >= 0.3 is 5.97 Å². The van der Waals surface area contributed by atoms with Crippen LogP contribution in [0.4, 0.5) is 10.1 Å². The third-order valence-corrected chi connectivity index (χ3v) is 3.36. The second-order valence-corrected chi connectivity index (χ2v) is 5.25. The van der Waals surface area contributed by atoms with E-state index >= 15 is 0 Å². The number of hydrogen-bond acceptors (Lipinski definition) is 4. The van der Waals surface area contributed by atoms with Gasteiger partial charge in [-0.15, -0.1) is 0 Å². The average Bonchev–Trinajstić information content (AvgIpc) is 2.56. The van der Waals surface area contributed by atoms with Crippen molar-refractivity contribution in [3.63, 3.8) is 0 Å². The summed E-state index contributed by atoms with van der Waals surface area (Å²) >= 11 is 0. The van der Waals surface area contributed by atoms with E-state index in [1.54, 1.807) is 12.1 Å². The Labute approximate surface area is 139 Å². The predicted octanol–water partition coefficient (Wildman–Crippen LogP) is 3.33. The largest absolute Gasteiger partial charge is 0.494 e. The number of esters is 1. The van der Waals surface area contributed by atoms with Gasteiger partial charge in [-0.05, 0) is 44.2 Å². The number of carbonyl (C=O) groups is 2. The first-order chi connectivity index (χ1) is 11.4. The maximum absolute atomic E-state index is 13.6. The average molecular weight is 331 g/mol. The fourth-order valence-corrected chi connectivity index (χ4v) is 1.96. The molecule has 0 unspecified atom stereocenters. The molecule has 0 heterocycles. The lowest BCUT2D eigenvalue weighted by atomic mass is 10.2. The van der Waals surface area contributed by atoms with E-state index in [-0.39, 0.29) is 11.3 Å². The molecule has 126 valence electrons. The Morgan fingerprint density at radius 1 is 1.12 bits per heavy atom. The van der Waals surface area contributed by atoms with Gasteiger partial charge in [0.25, 0.3) is 5.91 Å². The van der Waals surface area contributed by atoms with Gasteiger partial charge in [0.1, 0.15) is 0 Å². The lowest BCUT2D eigenvalue weighted by molar-refractivity contribution is -0.123. The highest BCUT2D eigenvalue weighted by Crippen LogP contribution is 2.18. The minimum atomic E-state index is -1.02. The zero-order valence-electron chi connectivity index (χ0n) is 13.6. The molecule has 0 saturated heterocycles. The molecule has 6 heteroatoms. The molecule has 1 amide bonds. The monoisotopic (exact) mass is 331 g/mol. The van der Waals surface area contributed by atoms with Crippen molar-refractivity contribution in [3.05, 3.63) is 59.4 Å². The Morgan fingerprint density at radius 3 is 2.38 bits per heavy atom. The number of carbonyl (C=O) groups excluding carboxylic acids is 2. The van der Waals surface area contributed by atoms with Crippen molar-refractivity contribution in [1.82, 2.24) is 0 Å². The maximum atomic E-state index is 13.6. The number of amides is 1. The Bertz CT molecular complexity index is 743. The van der Waals surface area contributed by atoms with Crippen LogP contribution in [-0.2, 0) is 9.53 Å². The summed E-state index contributed by atoms with van der Waals surface area (Å²) < 4.78 is 23.5. The summed E-state index contributed by atoms with van der Waals surface area (Å²) in [6.07, 6.45) is -1.02. The lowest BCUT2D eigenvalue weighted by Gasteiger charge is -2.14. The second-order valence-electron chi connectivity index (χ2n) is 5.25. The van der Waals surface area contributed by atoms with Crippen LogP contribution in [0.1, 0.15) is 22.8 Å². The SMILES string of the molecule is COc1ccc(C(=O)O[C@@H](C)C(=O)Nc2ccc(C)cc2)cc1F. The number of halogens is 1. The van der Waals surface area contributed by atoms with Gasteiger partial charge in [0.15, 0.2) is 17.7 Å². The number of anilines is 1. The molecule has 0 bridgehead atoms. The zero-order chi connectivity index (χ0) is 17.7. The van der Waals surface area contributed by atoms with Gasteiger partial charge in [-0.1, -0.05) is 17.7 Å². The van der Waals surface area contributed by atoms with E-state index in [1.165, 1.54) is 26.2 Å². The Hall–Kier alpha value is -2.89. The second kappa shape index (κ2) is 7.59. The van der Waals surface area contributed by atoms with E-state index in [2.05, 4.69) is 5.32 Å². The van der Waals surface area contributed by atoms with Gasteiger partial charge in [0.05, 0.1) is 12.7 Å². The van der Waals surface area contributed by atoms with E-state index in [0.29, 0.717) is 5.69 Å². The number of aryl methyl sites for hydroxylation is 1. The third-order valence-electron chi connectivity index (χ3n) is 3.36. The number of hydrogen-bond donors (Lipinski definition) is 1. The predicted molar refractivity (Wildman–Crippen MR) is 87.6 cm³/mol. The molecular weight excluding hydrogens is 313 g/mol. The Balaban J connectivity index is 1.98. The molecule has 0 saturated carbocycles. The maximum Gasteiger partial charge on any atom is 0.339 e. The molecule has 2 aromatic rings. The molecule has 0 aliphatic carbocycles. The quantitative estimate of drug-likeness (QED) is 0.854. The van der Waals surface area contributed by atoms with Crippen molar-refractivity contribution in [2.45, 2.75) is 20.0 Å². The summed E-state index contributed by atoms with van der Waals surface area (Å²) in [5.41, 5.74) is 1.67. The van der Waals surface area contributed by atoms with Crippen LogP contribution in [0.3, 0.4) is 0 Å². The van der Waals surface area contributed by atoms with E-state index < -0.39 is 23.8 Å². The standard InChI is InChI=1S/C18H18FNO4/c1-11-4-7-14(8-5-11)20-17(21)12(2)24-18(22)13-6-9-16(23-3)15(19)10-13/h4-10,12H,1-3H3,(H,20,21)/t12-/m0/s1. The summed E-state index contributed by atoms with van der Waals surface area (Å²) in [5, 5.41) is 2.65. The number of rotatable bonds is 5. The Kier molecular flexibility index (Phi) is 5.52. The highest BCUT2D eigenvalue weighted by molar-refractivity contribution is 5.97. The zero-order valence-corrected chi connectivity index (χ0v) is 13.6. The fraction of sp³-hybridized carbons (Fsp3) is 0.222. The van der Waals surface area contributed by atoms with E-state index in [1.807, 2.05) is 19.1 Å². The van der Waals surface area contributed by atoms with Crippen molar-refractivity contribution in [3.8, 4) is 5.75 Å². The fourth-order valence-electron chi connectivity index (χ4n) is 1.96. The van der Waals surface area contributed by atoms with E-state index in [9.17, 15) is 14.0 Å². The van der Waals surface area contributed by atoms with Gasteiger partial charge < -0.3 is 14.8 Å². The molecule has 5 nitrogen and oxygen atoms in total. The molecule has 2 rings (SSSR count). The number of benzene rings is 2. The van der Waals surface area contributed by atoms with Crippen LogP contribution in [0, 0.1) is 12.7 Å². The first-order valence-corrected chi connectivity index (χ1v) is 7.32. The van der Waals surface area contributed by atoms with Crippen molar-refractivity contribution in [1.29, 1.82) is 0 Å². The molecule has 1 N–H and O–H groups in total. The number of nitrogens with one attached hydrogen (secondary N) is 1. The molecular formula is C18H18FNO4. The summed E-state index contributed by atoms with van der Waals surface area (Å²) in [6, 6.07) is 10.9. The van der Waals surface area contributed by atoms with Crippen LogP contribution < -0.4 is 10.1 Å². The van der Waals surface area contributed by atoms with Crippen molar-refractivity contribution >= 4 is 17.6 Å². The van der Waals surface area contributed by atoms with Crippen LogP contribution >= 0.6 is 0 Å². The van der Waals surface area contributed by atoms with Gasteiger partial charge in [0.2, 0.25) is 0 Å². The van der Waals surface area contributed by atoms with Crippen molar-refractivity contribution < 1.29 is 23.5 Å². The summed E-state index contributed by atoms with van der Waals surface area (Å²) in [5.74, 6) is -1.91. The normalized spacial score (nSPS) is 11.5. The van der Waals surface area contributed by atoms with E-state index in [4.69, 9.17) is 9.47 Å². The van der Waals surface area contributed by atoms with Crippen molar-refractivity contribution in [2.24, 2.45) is 0 Å². The lowest BCUT2D eigenvalue weighted by Crippen LogP contribution is -2.30. The number of ether oxygens (including phenoxy) is 2. The van der Waals surface area contributed by atoms with Crippen LogP contribution in [0.25, 0.3) is 0 Å². The Morgan fingerprint density at radius 2 is 1.79 bits per heavy atom. The first kappa shape index (κ1) is 17.5. The van der Waals surface area contributed by atoms with Crippen molar-refractivity contribution in [2.75, 3.05) is 12.4 Å². The molecule has 1 atom stereocenters. The molecule has 24 heavy (non-hydrogen) atoms. The number of methoxy groups -OCH3 is 1. The van der Waals surface area contributed by atoms with E-state index in [0.717, 1.165) is 11.6 Å². The van der Waals surface area contributed by atoms with Crippen LogP contribution in [-0.4, -0.2) is 25.1 Å². The molecule has 0 radical (unpaired) electrons. The first-order valence-electron chi connectivity index (χ1n) is 7.32. The van der Waals surface area contributed by atoms with Crippen LogP contribution in [0.15, 0.2) is 42.5 Å². The molecule has 0 fully saturated rings. The highest BCUT2D eigenvalue weighted by Gasteiger charge is 2.20. The van der Waals surface area contributed by atoms with Crippen LogP contribution in [0.2, 0.25) is 0 Å². The summed E-state index contributed by atoms with van der Waals surface area (Å²) in [4.78, 5) is 24.0. The molecule has 0 spiro atoms. The molecule has 0 aromatic heterocycles. The molecule has 0 aliphatic heterocycles. The topological polar surface area (TPSA) is 64.6 Å². The molecule has 2 aromatic carbocycles. The summed E-state index contributed by atoms with van der Waals surface area (Å²) in [6.45, 7) is 3.38. The highest BCUT2D eigenvalue weighted by atomic mass is 19.1. The third kappa shape index (κ3) is 4.32. The van der Waals surface area contributed by atoms with Gasteiger partial charge in [-0.25, -0.2) is 9.18 Å². The summed E-state index contributed by atoms with van der Waals surface area (Å²) in [7, 11) is 1.33. The van der Waals surface area contributed by atoms with Gasteiger partial charge in [0, 0.05) is 5.69 Å². The van der Waals surface area contributed by atoms with Gasteiger partial charge in [-0.2, -0.15) is 0 Å². The smallest absolute Gasteiger partial charge is 0.339 e. The minimum absolute atomic E-state index is 0.00304. The minimum Gasteiger partial charge on any atom is -0.494 e. The molecule has 0 aliphatic rings. The van der Waals surface area contributed by atoms with Gasteiger partial charge in [-0.3, -0.25) is 4.79 Å². The van der Waals surface area contributed by atoms with Crippen LogP contribution in [0.5, 0.6) is 5.75 Å².